The Morgan fingerprint density at radius 2 is 1.62 bits per heavy atom. The molecule has 0 bridgehead atoms. The zero-order valence-corrected chi connectivity index (χ0v) is 20.1. The Balaban J connectivity index is 1.44. The molecule has 1 aliphatic heterocycles. The van der Waals surface area contributed by atoms with Crippen LogP contribution in [0.15, 0.2) is 65.5 Å². The molecule has 0 aliphatic carbocycles. The number of piperidine rings is 1. The lowest BCUT2D eigenvalue weighted by atomic mass is 9.87. The Morgan fingerprint density at radius 1 is 1.03 bits per heavy atom. The number of hydrogen-bond donors (Lipinski definition) is 0. The molecule has 0 N–H and O–H groups in total. The van der Waals surface area contributed by atoms with Crippen molar-refractivity contribution in [2.45, 2.75) is 51.1 Å². The maximum atomic E-state index is 13.3. The third kappa shape index (κ3) is 5.30. The molecule has 1 aliphatic rings. The number of benzene rings is 2. The molecule has 0 radical (unpaired) electrons. The summed E-state index contributed by atoms with van der Waals surface area (Å²) in [5.74, 6) is 1.23. The van der Waals surface area contributed by atoms with Crippen molar-refractivity contribution in [1.82, 2.24) is 19.2 Å². The predicted octanol–water partition coefficient (Wildman–Crippen LogP) is 3.64. The zero-order valence-electron chi connectivity index (χ0n) is 20.1. The third-order valence-electron chi connectivity index (χ3n) is 6.77. The van der Waals surface area contributed by atoms with Crippen LogP contribution in [0.2, 0.25) is 0 Å². The van der Waals surface area contributed by atoms with Crippen LogP contribution in [0.1, 0.15) is 55.0 Å². The lowest BCUT2D eigenvalue weighted by molar-refractivity contribution is -0.132. The molecule has 0 atom stereocenters. The molecule has 7 nitrogen and oxygen atoms in total. The maximum Gasteiger partial charge on any atom is 0.345 e. The van der Waals surface area contributed by atoms with Gasteiger partial charge in [-0.1, -0.05) is 60.7 Å². The van der Waals surface area contributed by atoms with Crippen LogP contribution in [0.4, 0.5) is 0 Å². The Hall–Kier alpha value is -3.19. The minimum atomic E-state index is -0.0818. The zero-order chi connectivity index (χ0) is 23.9. The summed E-state index contributed by atoms with van der Waals surface area (Å²) in [6.07, 6.45) is 2.08. The highest BCUT2D eigenvalue weighted by Gasteiger charge is 2.29. The fraction of sp³-hybridized carbons (Fsp3) is 0.444. The summed E-state index contributed by atoms with van der Waals surface area (Å²) in [4.78, 5) is 28.0. The molecule has 0 spiro atoms. The summed E-state index contributed by atoms with van der Waals surface area (Å²) in [5.41, 5.74) is 2.23. The van der Waals surface area contributed by atoms with Crippen LogP contribution in [0.25, 0.3) is 0 Å². The van der Waals surface area contributed by atoms with E-state index in [2.05, 4.69) is 29.4 Å². The van der Waals surface area contributed by atoms with Gasteiger partial charge >= 0.3 is 5.69 Å². The van der Waals surface area contributed by atoms with Crippen molar-refractivity contribution in [1.29, 1.82) is 0 Å². The van der Waals surface area contributed by atoms with E-state index in [4.69, 9.17) is 4.74 Å². The number of carbonyl (C=O) groups is 1. The van der Waals surface area contributed by atoms with Gasteiger partial charge in [-0.25, -0.2) is 9.48 Å². The highest BCUT2D eigenvalue weighted by atomic mass is 16.5. The second-order valence-corrected chi connectivity index (χ2v) is 8.83. The van der Waals surface area contributed by atoms with Gasteiger partial charge in [0.2, 0.25) is 5.91 Å². The van der Waals surface area contributed by atoms with Crippen LogP contribution >= 0.6 is 0 Å². The molecule has 3 aromatic rings. The Bertz CT molecular complexity index is 1080. The molecule has 1 amide bonds. The highest BCUT2D eigenvalue weighted by molar-refractivity contribution is 5.78. The topological polar surface area (TPSA) is 69.4 Å². The molecule has 7 heteroatoms. The average Bonchev–Trinajstić information content (AvgIpc) is 3.22. The summed E-state index contributed by atoms with van der Waals surface area (Å²) in [5, 5.41) is 4.62. The molecule has 2 heterocycles. The number of aromatic nitrogens is 3. The van der Waals surface area contributed by atoms with E-state index >= 15 is 0 Å². The number of amides is 1. The van der Waals surface area contributed by atoms with Crippen LogP contribution < -0.4 is 5.69 Å². The number of methoxy groups -OCH3 is 1. The van der Waals surface area contributed by atoms with Crippen LogP contribution in [0, 0.1) is 0 Å². The Morgan fingerprint density at radius 3 is 2.15 bits per heavy atom. The molecule has 1 fully saturated rings. The van der Waals surface area contributed by atoms with Gasteiger partial charge < -0.3 is 9.64 Å². The standard InChI is InChI=1S/C27H34N4O3/c1-3-30-26(28-31(27(30)33)18-19-34-2)23-14-16-29(17-15-23)25(32)20-24(21-10-6-4-7-11-21)22-12-8-5-9-13-22/h4-13,23-24H,3,14-20H2,1-2H3. The van der Waals surface area contributed by atoms with Gasteiger partial charge in [0.1, 0.15) is 5.82 Å². The molecule has 0 unspecified atom stereocenters. The van der Waals surface area contributed by atoms with E-state index < -0.39 is 0 Å². The van der Waals surface area contributed by atoms with E-state index in [1.165, 1.54) is 4.68 Å². The quantitative estimate of drug-likeness (QED) is 0.487. The van der Waals surface area contributed by atoms with Crippen LogP contribution in [-0.4, -0.2) is 52.0 Å². The van der Waals surface area contributed by atoms with E-state index in [-0.39, 0.29) is 23.4 Å². The SMILES string of the molecule is CCn1c(C2CCN(C(=O)CC(c3ccccc3)c3ccccc3)CC2)nn(CCOC)c1=O. The monoisotopic (exact) mass is 462 g/mol. The maximum absolute atomic E-state index is 13.3. The van der Waals surface area contributed by atoms with Crippen molar-refractivity contribution in [3.8, 4) is 0 Å². The van der Waals surface area contributed by atoms with E-state index in [1.54, 1.807) is 11.7 Å². The molecular weight excluding hydrogens is 428 g/mol. The van der Waals surface area contributed by atoms with Crippen molar-refractivity contribution < 1.29 is 9.53 Å². The summed E-state index contributed by atoms with van der Waals surface area (Å²) in [6.45, 7) is 4.84. The third-order valence-corrected chi connectivity index (χ3v) is 6.77. The molecular formula is C27H34N4O3. The van der Waals surface area contributed by atoms with E-state index in [0.717, 1.165) is 29.8 Å². The van der Waals surface area contributed by atoms with E-state index in [9.17, 15) is 9.59 Å². The number of nitrogens with zero attached hydrogens (tertiary/aromatic N) is 4. The molecule has 180 valence electrons. The van der Waals surface area contributed by atoms with Gasteiger partial charge in [-0.15, -0.1) is 0 Å². The fourth-order valence-electron chi connectivity index (χ4n) is 4.87. The smallest absolute Gasteiger partial charge is 0.345 e. The van der Waals surface area contributed by atoms with Crippen molar-refractivity contribution in [2.75, 3.05) is 26.8 Å². The molecule has 2 aromatic carbocycles. The lowest BCUT2D eigenvalue weighted by Crippen LogP contribution is -2.39. The molecule has 34 heavy (non-hydrogen) atoms. The van der Waals surface area contributed by atoms with Crippen molar-refractivity contribution in [3.63, 3.8) is 0 Å². The summed E-state index contributed by atoms with van der Waals surface area (Å²) < 4.78 is 8.38. The van der Waals surface area contributed by atoms with Gasteiger partial charge in [0.15, 0.2) is 0 Å². The minimum Gasteiger partial charge on any atom is -0.383 e. The fourth-order valence-corrected chi connectivity index (χ4v) is 4.87. The first-order chi connectivity index (χ1) is 16.6. The number of rotatable bonds is 9. The lowest BCUT2D eigenvalue weighted by Gasteiger charge is -2.32. The van der Waals surface area contributed by atoms with E-state index in [1.807, 2.05) is 48.2 Å². The first kappa shape index (κ1) is 24.0. The Kier molecular flexibility index (Phi) is 7.95. The van der Waals surface area contributed by atoms with Crippen molar-refractivity contribution in [3.05, 3.63) is 88.1 Å². The molecule has 1 saturated heterocycles. The van der Waals surface area contributed by atoms with Gasteiger partial charge in [-0.2, -0.15) is 5.10 Å². The number of likely N-dealkylation sites (tertiary alicyclic amines) is 1. The molecule has 4 rings (SSSR count). The second-order valence-electron chi connectivity index (χ2n) is 8.83. The van der Waals surface area contributed by atoms with Gasteiger partial charge in [0, 0.05) is 45.0 Å². The number of hydrogen-bond acceptors (Lipinski definition) is 4. The van der Waals surface area contributed by atoms with Gasteiger partial charge in [-0.3, -0.25) is 9.36 Å². The first-order valence-corrected chi connectivity index (χ1v) is 12.2. The van der Waals surface area contributed by atoms with Crippen molar-refractivity contribution in [2.24, 2.45) is 0 Å². The molecule has 0 saturated carbocycles. The molecule has 1 aromatic heterocycles. The normalized spacial score (nSPS) is 14.6. The van der Waals surface area contributed by atoms with Gasteiger partial charge in [-0.05, 0) is 30.9 Å². The van der Waals surface area contributed by atoms with E-state index in [0.29, 0.717) is 39.2 Å². The number of carbonyl (C=O) groups excluding carboxylic acids is 1. The largest absolute Gasteiger partial charge is 0.383 e. The van der Waals surface area contributed by atoms with Crippen LogP contribution in [-0.2, 0) is 22.6 Å². The van der Waals surface area contributed by atoms with Gasteiger partial charge in [0.25, 0.3) is 0 Å². The van der Waals surface area contributed by atoms with Crippen LogP contribution in [0.5, 0.6) is 0 Å². The first-order valence-electron chi connectivity index (χ1n) is 12.2. The van der Waals surface area contributed by atoms with Crippen molar-refractivity contribution >= 4 is 5.91 Å². The summed E-state index contributed by atoms with van der Waals surface area (Å²) >= 11 is 0. The second kappa shape index (κ2) is 11.3. The van der Waals surface area contributed by atoms with Gasteiger partial charge in [0.05, 0.1) is 13.2 Å². The predicted molar refractivity (Wildman–Crippen MR) is 132 cm³/mol. The summed E-state index contributed by atoms with van der Waals surface area (Å²) in [6, 6.07) is 20.5. The number of ether oxygens (including phenoxy) is 1. The Labute approximate surface area is 201 Å². The van der Waals surface area contributed by atoms with Crippen LogP contribution in [0.3, 0.4) is 0 Å². The average molecular weight is 463 g/mol. The summed E-state index contributed by atoms with van der Waals surface area (Å²) in [7, 11) is 1.62. The minimum absolute atomic E-state index is 0.0365. The highest BCUT2D eigenvalue weighted by Crippen LogP contribution is 2.31.